The molecule has 246 valence electrons. The number of pyridine rings is 1. The first kappa shape index (κ1) is 32.2. The number of aromatic nitrogens is 3. The number of carbonyl (C=O) groups is 2. The van der Waals surface area contributed by atoms with E-state index >= 15 is 0 Å². The molecular formula is C34H41F3N6O3. The van der Waals surface area contributed by atoms with Gasteiger partial charge in [-0.15, -0.1) is 0 Å². The fourth-order valence-electron chi connectivity index (χ4n) is 6.90. The Labute approximate surface area is 267 Å². The smallest absolute Gasteiger partial charge is 0.373 e. The summed E-state index contributed by atoms with van der Waals surface area (Å²) in [6.07, 6.45) is 1.19. The summed E-state index contributed by atoms with van der Waals surface area (Å²) < 4.78 is 45.2. The molecule has 5 heterocycles. The molecule has 3 aliphatic heterocycles. The monoisotopic (exact) mass is 638 g/mol. The van der Waals surface area contributed by atoms with Crippen LogP contribution >= 0.6 is 0 Å². The molecule has 0 bridgehead atoms. The number of morpholine rings is 1. The molecule has 2 unspecified atom stereocenters. The summed E-state index contributed by atoms with van der Waals surface area (Å²) in [6, 6.07) is 12.0. The molecule has 2 saturated heterocycles. The highest BCUT2D eigenvalue weighted by Gasteiger charge is 2.32. The number of hydrogen-bond donors (Lipinski definition) is 0. The summed E-state index contributed by atoms with van der Waals surface area (Å²) in [5, 5.41) is 4.66. The van der Waals surface area contributed by atoms with Crippen LogP contribution in [-0.2, 0) is 16.0 Å². The van der Waals surface area contributed by atoms with E-state index in [-0.39, 0.29) is 24.7 Å². The SMILES string of the molecule is CC1CN(C2CCN(C(=O)c3ccc(Cc4nc5c(C6=CCN(C(=O)CCC(F)(F)F)CC6)cccn5n4)cc3)CC2)CC(C)O1. The van der Waals surface area contributed by atoms with Gasteiger partial charge in [0.25, 0.3) is 5.91 Å². The average Bonchev–Trinajstić information content (AvgIpc) is 3.46. The molecule has 0 N–H and O–H groups in total. The van der Waals surface area contributed by atoms with E-state index in [0.717, 1.165) is 55.7 Å². The Bertz CT molecular complexity index is 1570. The summed E-state index contributed by atoms with van der Waals surface area (Å²) in [5.41, 5.74) is 4.25. The van der Waals surface area contributed by atoms with Crippen LogP contribution in [-0.4, -0.2) is 105 Å². The first-order valence-electron chi connectivity index (χ1n) is 16.2. The standard InChI is InChI=1S/C34H41F3N6O3/c1-23-21-42(22-24(2)46-23)28-12-18-41(19-13-28)33(45)27-7-5-25(6-8-27)20-30-38-32-29(4-3-15-43(32)39-30)26-10-16-40(17-11-26)31(44)9-14-34(35,36)37/h3-8,10,15,23-24,28H,9,11-14,16-22H2,1-2H3. The van der Waals surface area contributed by atoms with Gasteiger partial charge in [-0.3, -0.25) is 14.5 Å². The Kier molecular flexibility index (Phi) is 9.47. The number of rotatable bonds is 7. The van der Waals surface area contributed by atoms with Gasteiger partial charge < -0.3 is 14.5 Å². The zero-order valence-electron chi connectivity index (χ0n) is 26.4. The molecule has 46 heavy (non-hydrogen) atoms. The lowest BCUT2D eigenvalue weighted by Crippen LogP contribution is -2.53. The average molecular weight is 639 g/mol. The molecule has 0 aliphatic carbocycles. The molecular weight excluding hydrogens is 597 g/mol. The predicted octanol–water partition coefficient (Wildman–Crippen LogP) is 4.99. The normalized spacial score (nSPS) is 21.9. The summed E-state index contributed by atoms with van der Waals surface area (Å²) >= 11 is 0. The van der Waals surface area contributed by atoms with E-state index in [4.69, 9.17) is 9.72 Å². The minimum Gasteiger partial charge on any atom is -0.373 e. The van der Waals surface area contributed by atoms with E-state index < -0.39 is 24.9 Å². The summed E-state index contributed by atoms with van der Waals surface area (Å²) in [6.45, 7) is 8.27. The molecule has 2 amide bonds. The van der Waals surface area contributed by atoms with Crippen molar-refractivity contribution in [3.05, 3.63) is 71.2 Å². The maximum atomic E-state index is 13.3. The van der Waals surface area contributed by atoms with E-state index in [1.54, 1.807) is 4.52 Å². The van der Waals surface area contributed by atoms with Crippen molar-refractivity contribution >= 4 is 23.0 Å². The molecule has 0 radical (unpaired) electrons. The number of piperidine rings is 1. The third-order valence-corrected chi connectivity index (χ3v) is 9.22. The second-order valence-electron chi connectivity index (χ2n) is 12.8. The third kappa shape index (κ3) is 7.60. The van der Waals surface area contributed by atoms with Gasteiger partial charge in [0.1, 0.15) is 0 Å². The number of ether oxygens (including phenoxy) is 1. The summed E-state index contributed by atoms with van der Waals surface area (Å²) in [4.78, 5) is 36.3. The fourth-order valence-corrected chi connectivity index (χ4v) is 6.90. The Morgan fingerprint density at radius 2 is 1.70 bits per heavy atom. The highest BCUT2D eigenvalue weighted by molar-refractivity contribution is 5.94. The molecule has 2 aromatic heterocycles. The highest BCUT2D eigenvalue weighted by atomic mass is 19.4. The van der Waals surface area contributed by atoms with Gasteiger partial charge >= 0.3 is 6.18 Å². The predicted molar refractivity (Wildman–Crippen MR) is 167 cm³/mol. The van der Waals surface area contributed by atoms with E-state index in [0.29, 0.717) is 42.5 Å². The molecule has 12 heteroatoms. The van der Waals surface area contributed by atoms with Crippen molar-refractivity contribution in [2.24, 2.45) is 0 Å². The molecule has 2 atom stereocenters. The molecule has 0 spiro atoms. The molecule has 0 saturated carbocycles. The van der Waals surface area contributed by atoms with Crippen molar-refractivity contribution in [2.45, 2.75) is 76.8 Å². The summed E-state index contributed by atoms with van der Waals surface area (Å²) in [5.74, 6) is 0.215. The van der Waals surface area contributed by atoms with E-state index in [1.165, 1.54) is 4.90 Å². The van der Waals surface area contributed by atoms with Crippen molar-refractivity contribution < 1.29 is 27.5 Å². The Morgan fingerprint density at radius 3 is 2.35 bits per heavy atom. The van der Waals surface area contributed by atoms with Gasteiger partial charge in [-0.05, 0) is 68.5 Å². The maximum Gasteiger partial charge on any atom is 0.389 e. The molecule has 3 aromatic rings. The number of fused-ring (bicyclic) bond motifs is 1. The number of amides is 2. The van der Waals surface area contributed by atoms with Crippen LogP contribution in [0.2, 0.25) is 0 Å². The number of benzene rings is 1. The largest absolute Gasteiger partial charge is 0.389 e. The van der Waals surface area contributed by atoms with Gasteiger partial charge in [0.2, 0.25) is 5.91 Å². The van der Waals surface area contributed by atoms with Crippen LogP contribution in [0.4, 0.5) is 13.2 Å². The number of hydrogen-bond acceptors (Lipinski definition) is 6. The van der Waals surface area contributed by atoms with Crippen LogP contribution in [0.1, 0.15) is 73.3 Å². The van der Waals surface area contributed by atoms with Crippen LogP contribution in [0.3, 0.4) is 0 Å². The summed E-state index contributed by atoms with van der Waals surface area (Å²) in [7, 11) is 0. The number of nitrogens with zero attached hydrogens (tertiary/aromatic N) is 6. The molecule has 1 aromatic carbocycles. The van der Waals surface area contributed by atoms with Crippen molar-refractivity contribution in [1.29, 1.82) is 0 Å². The van der Waals surface area contributed by atoms with Crippen LogP contribution in [0, 0.1) is 0 Å². The third-order valence-electron chi connectivity index (χ3n) is 9.22. The number of carbonyl (C=O) groups excluding carboxylic acids is 2. The van der Waals surface area contributed by atoms with E-state index in [9.17, 15) is 22.8 Å². The van der Waals surface area contributed by atoms with Crippen LogP contribution < -0.4 is 0 Å². The minimum atomic E-state index is -4.34. The lowest BCUT2D eigenvalue weighted by molar-refractivity contribution is -0.148. The lowest BCUT2D eigenvalue weighted by Gasteiger charge is -2.43. The van der Waals surface area contributed by atoms with Crippen molar-refractivity contribution in [3.63, 3.8) is 0 Å². The van der Waals surface area contributed by atoms with Crippen LogP contribution in [0.25, 0.3) is 11.2 Å². The van der Waals surface area contributed by atoms with Gasteiger partial charge in [-0.2, -0.15) is 18.3 Å². The second kappa shape index (κ2) is 13.5. The quantitative estimate of drug-likeness (QED) is 0.363. The lowest BCUT2D eigenvalue weighted by atomic mass is 10.00. The molecule has 9 nitrogen and oxygen atoms in total. The topological polar surface area (TPSA) is 83.3 Å². The van der Waals surface area contributed by atoms with Gasteiger partial charge in [0.15, 0.2) is 11.5 Å². The Morgan fingerprint density at radius 1 is 0.978 bits per heavy atom. The highest BCUT2D eigenvalue weighted by Crippen LogP contribution is 2.28. The molecule has 6 rings (SSSR count). The maximum absolute atomic E-state index is 13.3. The molecule has 2 fully saturated rings. The number of alkyl halides is 3. The van der Waals surface area contributed by atoms with E-state index in [1.807, 2.05) is 53.6 Å². The Hall–Kier alpha value is -3.77. The first-order valence-corrected chi connectivity index (χ1v) is 16.2. The second-order valence-corrected chi connectivity index (χ2v) is 12.8. The fraction of sp³-hybridized carbons (Fsp3) is 0.529. The minimum absolute atomic E-state index is 0.0607. The number of likely N-dealkylation sites (tertiary alicyclic amines) is 1. The van der Waals surface area contributed by atoms with Gasteiger partial charge in [0, 0.05) is 75.5 Å². The number of halogens is 3. The van der Waals surface area contributed by atoms with Crippen LogP contribution in [0.5, 0.6) is 0 Å². The van der Waals surface area contributed by atoms with Crippen molar-refractivity contribution in [1.82, 2.24) is 29.3 Å². The Balaban J connectivity index is 1.05. The van der Waals surface area contributed by atoms with E-state index in [2.05, 4.69) is 23.8 Å². The van der Waals surface area contributed by atoms with Gasteiger partial charge in [0.05, 0.1) is 18.6 Å². The zero-order valence-corrected chi connectivity index (χ0v) is 26.4. The van der Waals surface area contributed by atoms with Crippen LogP contribution in [0.15, 0.2) is 48.7 Å². The zero-order chi connectivity index (χ0) is 32.4. The van der Waals surface area contributed by atoms with Crippen molar-refractivity contribution in [3.8, 4) is 0 Å². The van der Waals surface area contributed by atoms with Crippen molar-refractivity contribution in [2.75, 3.05) is 39.3 Å². The van der Waals surface area contributed by atoms with Gasteiger partial charge in [-0.25, -0.2) is 9.50 Å². The van der Waals surface area contributed by atoms with Gasteiger partial charge in [-0.1, -0.05) is 18.2 Å². The molecule has 3 aliphatic rings. The first-order chi connectivity index (χ1) is 22.0.